The molecule has 2 aromatic rings. The molecule has 0 aliphatic carbocycles. The Morgan fingerprint density at radius 1 is 1.24 bits per heavy atom. The average molecular weight is 355 g/mol. The van der Waals surface area contributed by atoms with E-state index in [1.807, 2.05) is 0 Å². The molecule has 2 rings (SSSR count). The third-order valence-electron chi connectivity index (χ3n) is 2.77. The highest BCUT2D eigenvalue weighted by Gasteiger charge is 2.31. The quantitative estimate of drug-likeness (QED) is 0.444. The molecule has 0 aliphatic heterocycles. The zero-order valence-electron chi connectivity index (χ0n) is 12.6. The van der Waals surface area contributed by atoms with Crippen LogP contribution in [-0.2, 0) is 0 Å². The molecule has 25 heavy (non-hydrogen) atoms. The second-order valence-corrected chi connectivity index (χ2v) is 4.54. The number of nitro groups is 1. The van der Waals surface area contributed by atoms with Gasteiger partial charge < -0.3 is 15.4 Å². The van der Waals surface area contributed by atoms with Crippen molar-refractivity contribution in [1.82, 2.24) is 9.97 Å². The molecular formula is C14H12F3N5O3. The Morgan fingerprint density at radius 3 is 2.44 bits per heavy atom. The molecule has 0 saturated heterocycles. The Balaban J connectivity index is 2.24. The Labute approximate surface area is 139 Å². The maximum absolute atomic E-state index is 12.1. The molecule has 0 radical (unpaired) electrons. The van der Waals surface area contributed by atoms with Crippen molar-refractivity contribution >= 4 is 23.0 Å². The summed E-state index contributed by atoms with van der Waals surface area (Å²) in [6, 6.07) is 4.67. The second-order valence-electron chi connectivity index (χ2n) is 4.54. The van der Waals surface area contributed by atoms with E-state index in [1.165, 1.54) is 18.2 Å². The molecule has 0 unspecified atom stereocenters. The highest BCUT2D eigenvalue weighted by Crippen LogP contribution is 2.32. The first-order chi connectivity index (χ1) is 11.8. The number of hydrogen-bond acceptors (Lipinski definition) is 7. The number of aromatic nitrogens is 2. The summed E-state index contributed by atoms with van der Waals surface area (Å²) < 4.78 is 40.2. The molecular weight excluding hydrogens is 343 g/mol. The van der Waals surface area contributed by atoms with E-state index >= 15 is 0 Å². The minimum absolute atomic E-state index is 0.0144. The third-order valence-corrected chi connectivity index (χ3v) is 2.77. The fraction of sp³-hybridized carbons (Fsp3) is 0.143. The average Bonchev–Trinajstić information content (AvgIpc) is 2.53. The monoisotopic (exact) mass is 355 g/mol. The number of ether oxygens (including phenoxy) is 1. The standard InChI is InChI=1S/C14H12F3N5O3/c1-2-7-18-12-11(22(23)24)13(20-8-19-12)21-9-3-5-10(6-4-9)25-14(15,16)17/h2-6,8H,1,7H2,(H2,18,19,20,21). The lowest BCUT2D eigenvalue weighted by atomic mass is 10.3. The predicted octanol–water partition coefficient (Wildman–Crippen LogP) is 3.62. The first kappa shape index (κ1) is 18.0. The summed E-state index contributed by atoms with van der Waals surface area (Å²) in [6.45, 7) is 3.74. The lowest BCUT2D eigenvalue weighted by Gasteiger charge is -2.11. The van der Waals surface area contributed by atoms with Gasteiger partial charge in [-0.2, -0.15) is 0 Å². The maximum atomic E-state index is 12.1. The van der Waals surface area contributed by atoms with E-state index in [0.29, 0.717) is 0 Å². The molecule has 0 fully saturated rings. The number of benzene rings is 1. The van der Waals surface area contributed by atoms with Crippen LogP contribution in [-0.4, -0.2) is 27.8 Å². The Hall–Kier alpha value is -3.37. The van der Waals surface area contributed by atoms with E-state index in [4.69, 9.17) is 0 Å². The van der Waals surface area contributed by atoms with Crippen LogP contribution in [0, 0.1) is 10.1 Å². The summed E-state index contributed by atoms with van der Waals surface area (Å²) in [5, 5.41) is 16.7. The van der Waals surface area contributed by atoms with Gasteiger partial charge in [-0.3, -0.25) is 10.1 Å². The normalized spacial score (nSPS) is 10.8. The number of nitrogens with zero attached hydrogens (tertiary/aromatic N) is 3. The van der Waals surface area contributed by atoms with Crippen LogP contribution in [0.1, 0.15) is 0 Å². The van der Waals surface area contributed by atoms with E-state index in [2.05, 4.69) is 31.9 Å². The molecule has 0 aliphatic rings. The first-order valence-corrected chi connectivity index (χ1v) is 6.77. The van der Waals surface area contributed by atoms with Gasteiger partial charge in [0, 0.05) is 12.2 Å². The highest BCUT2D eigenvalue weighted by atomic mass is 19.4. The van der Waals surface area contributed by atoms with Crippen LogP contribution in [0.3, 0.4) is 0 Å². The second kappa shape index (κ2) is 7.47. The van der Waals surface area contributed by atoms with Crippen LogP contribution in [0.5, 0.6) is 5.75 Å². The van der Waals surface area contributed by atoms with E-state index in [9.17, 15) is 23.3 Å². The molecule has 0 spiro atoms. The number of rotatable bonds is 7. The van der Waals surface area contributed by atoms with Gasteiger partial charge in [0.25, 0.3) is 0 Å². The van der Waals surface area contributed by atoms with Gasteiger partial charge in [-0.05, 0) is 24.3 Å². The lowest BCUT2D eigenvalue weighted by Crippen LogP contribution is -2.17. The van der Waals surface area contributed by atoms with Gasteiger partial charge in [-0.1, -0.05) is 6.08 Å². The maximum Gasteiger partial charge on any atom is 0.573 e. The molecule has 1 aromatic carbocycles. The van der Waals surface area contributed by atoms with E-state index in [0.717, 1.165) is 18.5 Å². The van der Waals surface area contributed by atoms with E-state index in [-0.39, 0.29) is 23.9 Å². The van der Waals surface area contributed by atoms with Crippen molar-refractivity contribution < 1.29 is 22.8 Å². The van der Waals surface area contributed by atoms with Gasteiger partial charge in [0.15, 0.2) is 0 Å². The van der Waals surface area contributed by atoms with Crippen molar-refractivity contribution in [2.24, 2.45) is 0 Å². The Bertz CT molecular complexity index is 765. The zero-order chi connectivity index (χ0) is 18.4. The lowest BCUT2D eigenvalue weighted by molar-refractivity contribution is -0.383. The van der Waals surface area contributed by atoms with Gasteiger partial charge in [-0.25, -0.2) is 9.97 Å². The number of hydrogen-bond donors (Lipinski definition) is 2. The number of alkyl halides is 3. The largest absolute Gasteiger partial charge is 0.573 e. The molecule has 0 amide bonds. The summed E-state index contributed by atoms with van der Waals surface area (Å²) in [4.78, 5) is 18.2. The minimum Gasteiger partial charge on any atom is -0.406 e. The van der Waals surface area contributed by atoms with Crippen molar-refractivity contribution in [1.29, 1.82) is 0 Å². The van der Waals surface area contributed by atoms with Crippen molar-refractivity contribution in [2.75, 3.05) is 17.2 Å². The minimum atomic E-state index is -4.80. The summed E-state index contributed by atoms with van der Waals surface area (Å²) in [5.41, 5.74) is -0.119. The zero-order valence-corrected chi connectivity index (χ0v) is 12.6. The van der Waals surface area contributed by atoms with Gasteiger partial charge in [-0.15, -0.1) is 19.8 Å². The van der Waals surface area contributed by atoms with E-state index < -0.39 is 22.7 Å². The molecule has 1 heterocycles. The van der Waals surface area contributed by atoms with Gasteiger partial charge in [0.05, 0.1) is 4.92 Å². The fourth-order valence-electron chi connectivity index (χ4n) is 1.82. The Morgan fingerprint density at radius 2 is 1.88 bits per heavy atom. The van der Waals surface area contributed by atoms with Gasteiger partial charge >= 0.3 is 12.0 Å². The fourth-order valence-corrected chi connectivity index (χ4v) is 1.82. The molecule has 11 heteroatoms. The molecule has 0 bridgehead atoms. The summed E-state index contributed by atoms with van der Waals surface area (Å²) in [6.07, 6.45) is -2.19. The van der Waals surface area contributed by atoms with E-state index in [1.54, 1.807) is 0 Å². The smallest absolute Gasteiger partial charge is 0.406 e. The summed E-state index contributed by atoms with van der Waals surface area (Å²) in [7, 11) is 0. The third kappa shape index (κ3) is 5.06. The van der Waals surface area contributed by atoms with Crippen LogP contribution in [0.25, 0.3) is 0 Å². The Kier molecular flexibility index (Phi) is 5.37. The topological polar surface area (TPSA) is 102 Å². The van der Waals surface area contributed by atoms with Crippen LogP contribution in [0.2, 0.25) is 0 Å². The molecule has 1 aromatic heterocycles. The number of nitrogens with one attached hydrogen (secondary N) is 2. The summed E-state index contributed by atoms with van der Waals surface area (Å²) >= 11 is 0. The van der Waals surface area contributed by atoms with Crippen LogP contribution < -0.4 is 15.4 Å². The van der Waals surface area contributed by atoms with Crippen molar-refractivity contribution in [2.45, 2.75) is 6.36 Å². The molecule has 132 valence electrons. The van der Waals surface area contributed by atoms with Crippen molar-refractivity contribution in [3.63, 3.8) is 0 Å². The number of anilines is 3. The van der Waals surface area contributed by atoms with Gasteiger partial charge in [0.2, 0.25) is 11.6 Å². The predicted molar refractivity (Wildman–Crippen MR) is 83.8 cm³/mol. The molecule has 2 N–H and O–H groups in total. The molecule has 8 nitrogen and oxygen atoms in total. The molecule has 0 saturated carbocycles. The first-order valence-electron chi connectivity index (χ1n) is 6.77. The van der Waals surface area contributed by atoms with Gasteiger partial charge in [0.1, 0.15) is 12.1 Å². The van der Waals surface area contributed by atoms with Crippen molar-refractivity contribution in [3.8, 4) is 5.75 Å². The van der Waals surface area contributed by atoms with Crippen LogP contribution >= 0.6 is 0 Å². The summed E-state index contributed by atoms with van der Waals surface area (Å²) in [5.74, 6) is -0.543. The molecule has 0 atom stereocenters. The van der Waals surface area contributed by atoms with Crippen LogP contribution in [0.4, 0.5) is 36.2 Å². The number of halogens is 3. The SMILES string of the molecule is C=CCNc1ncnc(Nc2ccc(OC(F)(F)F)cc2)c1[N+](=O)[O-]. The highest BCUT2D eigenvalue weighted by molar-refractivity contribution is 5.73. The van der Waals surface area contributed by atoms with Crippen molar-refractivity contribution in [3.05, 3.63) is 53.4 Å². The van der Waals surface area contributed by atoms with Crippen LogP contribution in [0.15, 0.2) is 43.2 Å².